The number of carbonyl (C=O) groups is 2. The SMILES string of the molecule is Cc1cc(F)ccc1S(=O)(=O)Nc1ccc(C(=O)O[C@@H](C)C(=O)N(C)C)cc1. The van der Waals surface area contributed by atoms with E-state index in [1.54, 1.807) is 14.1 Å². The minimum absolute atomic E-state index is 0.0478. The van der Waals surface area contributed by atoms with E-state index in [-0.39, 0.29) is 27.6 Å². The van der Waals surface area contributed by atoms with E-state index in [1.165, 1.54) is 49.1 Å². The van der Waals surface area contributed by atoms with Gasteiger partial charge >= 0.3 is 5.97 Å². The monoisotopic (exact) mass is 408 g/mol. The number of carbonyl (C=O) groups excluding carboxylic acids is 2. The van der Waals surface area contributed by atoms with Crippen molar-refractivity contribution in [3.8, 4) is 0 Å². The predicted molar refractivity (Wildman–Crippen MR) is 102 cm³/mol. The smallest absolute Gasteiger partial charge is 0.338 e. The van der Waals surface area contributed by atoms with Crippen LogP contribution in [0.3, 0.4) is 0 Å². The number of aryl methyl sites for hydroxylation is 1. The van der Waals surface area contributed by atoms with Crippen molar-refractivity contribution in [2.75, 3.05) is 18.8 Å². The summed E-state index contributed by atoms with van der Waals surface area (Å²) in [7, 11) is -0.813. The quantitative estimate of drug-likeness (QED) is 0.742. The van der Waals surface area contributed by atoms with Crippen molar-refractivity contribution in [1.29, 1.82) is 0 Å². The number of esters is 1. The summed E-state index contributed by atoms with van der Waals surface area (Å²) in [5, 5.41) is 0. The van der Waals surface area contributed by atoms with Gasteiger partial charge in [-0.1, -0.05) is 0 Å². The van der Waals surface area contributed by atoms with Crippen molar-refractivity contribution in [3.63, 3.8) is 0 Å². The summed E-state index contributed by atoms with van der Waals surface area (Å²) in [5.74, 6) is -1.58. The first-order valence-electron chi connectivity index (χ1n) is 8.32. The Kier molecular flexibility index (Phi) is 6.40. The number of amides is 1. The minimum Gasteiger partial charge on any atom is -0.449 e. The van der Waals surface area contributed by atoms with Gasteiger partial charge < -0.3 is 9.64 Å². The third kappa shape index (κ3) is 5.07. The molecule has 0 aliphatic rings. The highest BCUT2D eigenvalue weighted by Crippen LogP contribution is 2.20. The molecule has 0 bridgehead atoms. The number of hydrogen-bond donors (Lipinski definition) is 1. The molecule has 1 atom stereocenters. The highest BCUT2D eigenvalue weighted by atomic mass is 32.2. The van der Waals surface area contributed by atoms with Gasteiger partial charge in [0.05, 0.1) is 10.5 Å². The lowest BCUT2D eigenvalue weighted by Crippen LogP contribution is -2.34. The lowest BCUT2D eigenvalue weighted by molar-refractivity contribution is -0.137. The maximum atomic E-state index is 13.2. The summed E-state index contributed by atoms with van der Waals surface area (Å²) in [6.45, 7) is 2.96. The van der Waals surface area contributed by atoms with E-state index in [4.69, 9.17) is 4.74 Å². The fourth-order valence-electron chi connectivity index (χ4n) is 2.44. The molecule has 2 aromatic rings. The van der Waals surface area contributed by atoms with Crippen LogP contribution in [0, 0.1) is 12.7 Å². The molecule has 2 aromatic carbocycles. The summed E-state index contributed by atoms with van der Waals surface area (Å²) < 4.78 is 45.6. The second kappa shape index (κ2) is 8.39. The van der Waals surface area contributed by atoms with Crippen LogP contribution in [0.5, 0.6) is 0 Å². The van der Waals surface area contributed by atoms with Crippen LogP contribution in [-0.2, 0) is 19.6 Å². The van der Waals surface area contributed by atoms with Crippen molar-refractivity contribution < 1.29 is 27.1 Å². The Bertz CT molecular complexity index is 988. The van der Waals surface area contributed by atoms with Crippen LogP contribution in [0.25, 0.3) is 0 Å². The molecule has 0 heterocycles. The molecular weight excluding hydrogens is 387 g/mol. The van der Waals surface area contributed by atoms with Crippen LogP contribution in [0.15, 0.2) is 47.4 Å². The van der Waals surface area contributed by atoms with E-state index in [0.29, 0.717) is 0 Å². The highest BCUT2D eigenvalue weighted by Gasteiger charge is 2.21. The number of anilines is 1. The van der Waals surface area contributed by atoms with Crippen LogP contribution in [-0.4, -0.2) is 45.4 Å². The highest BCUT2D eigenvalue weighted by molar-refractivity contribution is 7.92. The molecule has 0 saturated heterocycles. The van der Waals surface area contributed by atoms with Crippen molar-refractivity contribution in [1.82, 2.24) is 4.90 Å². The predicted octanol–water partition coefficient (Wildman–Crippen LogP) is 2.57. The fourth-order valence-corrected chi connectivity index (χ4v) is 3.73. The largest absolute Gasteiger partial charge is 0.449 e. The summed E-state index contributed by atoms with van der Waals surface area (Å²) in [5.41, 5.74) is 0.657. The van der Waals surface area contributed by atoms with Gasteiger partial charge in [-0.3, -0.25) is 9.52 Å². The normalized spacial score (nSPS) is 12.2. The first kappa shape index (κ1) is 21.4. The van der Waals surface area contributed by atoms with E-state index in [0.717, 1.165) is 12.1 Å². The number of ether oxygens (including phenoxy) is 1. The van der Waals surface area contributed by atoms with E-state index in [2.05, 4.69) is 4.72 Å². The second-order valence-corrected chi connectivity index (χ2v) is 8.02. The van der Waals surface area contributed by atoms with Crippen LogP contribution in [0.4, 0.5) is 10.1 Å². The zero-order valence-electron chi connectivity index (χ0n) is 15.9. The molecule has 28 heavy (non-hydrogen) atoms. The molecular formula is C19H21FN2O5S. The molecule has 0 fully saturated rings. The molecule has 150 valence electrons. The molecule has 0 aliphatic carbocycles. The van der Waals surface area contributed by atoms with E-state index < -0.39 is 27.9 Å². The van der Waals surface area contributed by atoms with Gasteiger partial charge in [0.25, 0.3) is 15.9 Å². The number of sulfonamides is 1. The van der Waals surface area contributed by atoms with Crippen LogP contribution >= 0.6 is 0 Å². The Balaban J connectivity index is 2.12. The molecule has 9 heteroatoms. The third-order valence-electron chi connectivity index (χ3n) is 3.87. The Morgan fingerprint density at radius 2 is 1.71 bits per heavy atom. The number of nitrogens with one attached hydrogen (secondary N) is 1. The number of halogens is 1. The Hall–Kier alpha value is -2.94. The average molecular weight is 408 g/mol. The van der Waals surface area contributed by atoms with Crippen molar-refractivity contribution in [3.05, 3.63) is 59.4 Å². The zero-order chi connectivity index (χ0) is 21.1. The fraction of sp³-hybridized carbons (Fsp3) is 0.263. The summed E-state index contributed by atoms with van der Waals surface area (Å²) >= 11 is 0. The van der Waals surface area contributed by atoms with Crippen LogP contribution < -0.4 is 4.72 Å². The molecule has 0 radical (unpaired) electrons. The van der Waals surface area contributed by atoms with Crippen LogP contribution in [0.2, 0.25) is 0 Å². The van der Waals surface area contributed by atoms with Gasteiger partial charge in [0.1, 0.15) is 5.82 Å². The molecule has 1 amide bonds. The zero-order valence-corrected chi connectivity index (χ0v) is 16.7. The Labute approximate surface area is 163 Å². The first-order chi connectivity index (χ1) is 13.0. The topological polar surface area (TPSA) is 92.8 Å². The maximum Gasteiger partial charge on any atom is 0.338 e. The van der Waals surface area contributed by atoms with Gasteiger partial charge in [0.15, 0.2) is 6.10 Å². The minimum atomic E-state index is -3.92. The van der Waals surface area contributed by atoms with Crippen molar-refractivity contribution >= 4 is 27.6 Å². The van der Waals surface area contributed by atoms with Gasteiger partial charge in [-0.15, -0.1) is 0 Å². The van der Waals surface area contributed by atoms with E-state index in [9.17, 15) is 22.4 Å². The summed E-state index contributed by atoms with van der Waals surface area (Å²) in [6.07, 6.45) is -0.942. The number of likely N-dealkylation sites (N-methyl/N-ethyl adjacent to an activating group) is 1. The number of nitrogens with zero attached hydrogens (tertiary/aromatic N) is 1. The molecule has 0 saturated carbocycles. The van der Waals surface area contributed by atoms with Gasteiger partial charge in [-0.25, -0.2) is 17.6 Å². The molecule has 0 unspecified atom stereocenters. The molecule has 2 rings (SSSR count). The van der Waals surface area contributed by atoms with Gasteiger partial charge in [-0.2, -0.15) is 0 Å². The van der Waals surface area contributed by atoms with Crippen molar-refractivity contribution in [2.24, 2.45) is 0 Å². The third-order valence-corrected chi connectivity index (χ3v) is 5.41. The standard InChI is InChI=1S/C19H21FN2O5S/c1-12-11-15(20)7-10-17(12)28(25,26)21-16-8-5-14(6-9-16)19(24)27-13(2)18(23)22(3)4/h5-11,13,21H,1-4H3/t13-/m0/s1. The molecule has 0 aliphatic heterocycles. The van der Waals surface area contributed by atoms with Crippen LogP contribution in [0.1, 0.15) is 22.8 Å². The van der Waals surface area contributed by atoms with Gasteiger partial charge in [0.2, 0.25) is 0 Å². The Morgan fingerprint density at radius 3 is 2.25 bits per heavy atom. The second-order valence-electron chi connectivity index (χ2n) is 6.37. The molecule has 0 aromatic heterocycles. The maximum absolute atomic E-state index is 13.2. The average Bonchev–Trinajstić information content (AvgIpc) is 2.60. The number of hydrogen-bond acceptors (Lipinski definition) is 5. The summed E-state index contributed by atoms with van der Waals surface area (Å²) in [4.78, 5) is 25.1. The van der Waals surface area contributed by atoms with E-state index >= 15 is 0 Å². The lowest BCUT2D eigenvalue weighted by Gasteiger charge is -2.17. The molecule has 7 nitrogen and oxygen atoms in total. The Morgan fingerprint density at radius 1 is 1.11 bits per heavy atom. The van der Waals surface area contributed by atoms with Crippen molar-refractivity contribution in [2.45, 2.75) is 24.8 Å². The number of rotatable bonds is 6. The number of benzene rings is 2. The molecule has 0 spiro atoms. The first-order valence-corrected chi connectivity index (χ1v) is 9.81. The van der Waals surface area contributed by atoms with Gasteiger partial charge in [-0.05, 0) is 61.9 Å². The van der Waals surface area contributed by atoms with E-state index in [1.807, 2.05) is 0 Å². The molecule has 1 N–H and O–H groups in total. The lowest BCUT2D eigenvalue weighted by atomic mass is 10.2. The van der Waals surface area contributed by atoms with Gasteiger partial charge in [0, 0.05) is 19.8 Å². The summed E-state index contributed by atoms with van der Waals surface area (Å²) in [6, 6.07) is 8.93.